The maximum Gasteiger partial charge on any atom is 0.189 e. The Kier molecular flexibility index (Phi) is 4.11. The summed E-state index contributed by atoms with van der Waals surface area (Å²) < 4.78 is 0. The number of rotatable bonds is 3. The van der Waals surface area contributed by atoms with E-state index in [0.29, 0.717) is 10.6 Å². The Morgan fingerprint density at radius 2 is 1.80 bits per heavy atom. The van der Waals surface area contributed by atoms with Gasteiger partial charge in [-0.15, -0.1) is 0 Å². The molecule has 0 fully saturated rings. The molecule has 0 aromatic heterocycles. The predicted octanol–water partition coefficient (Wildman–Crippen LogP) is 3.96. The Morgan fingerprint density at radius 3 is 2.55 bits per heavy atom. The third kappa shape index (κ3) is 3.19. The van der Waals surface area contributed by atoms with Crippen LogP contribution in [0.3, 0.4) is 0 Å². The van der Waals surface area contributed by atoms with Crippen LogP contribution in [0.1, 0.15) is 21.5 Å². The van der Waals surface area contributed by atoms with E-state index < -0.39 is 0 Å². The van der Waals surface area contributed by atoms with Crippen molar-refractivity contribution in [2.75, 3.05) is 0 Å². The monoisotopic (exact) mass is 288 g/mol. The highest BCUT2D eigenvalue weighted by Gasteiger charge is 2.09. The molecule has 20 heavy (non-hydrogen) atoms. The Bertz CT molecular complexity index is 690. The molecule has 4 heteroatoms. The molecule has 2 aromatic rings. The van der Waals surface area contributed by atoms with E-state index in [2.05, 4.69) is 0 Å². The number of halogens is 1. The number of benzene rings is 2. The molecule has 0 aliphatic carbocycles. The first-order valence-corrected chi connectivity index (χ1v) is 6.36. The predicted molar refractivity (Wildman–Crippen MR) is 79.3 cm³/mol. The summed E-state index contributed by atoms with van der Waals surface area (Å²) in [5.74, 6) is -0.418. The Labute approximate surface area is 121 Å². The van der Waals surface area contributed by atoms with Crippen LogP contribution in [0.5, 0.6) is 11.5 Å². The van der Waals surface area contributed by atoms with E-state index in [1.54, 1.807) is 18.2 Å². The van der Waals surface area contributed by atoms with Gasteiger partial charge in [0.05, 0.1) is 5.56 Å². The van der Waals surface area contributed by atoms with E-state index >= 15 is 0 Å². The molecule has 0 aliphatic rings. The van der Waals surface area contributed by atoms with Crippen molar-refractivity contribution in [3.05, 3.63) is 64.2 Å². The number of ketones is 1. The lowest BCUT2D eigenvalue weighted by Gasteiger charge is -2.02. The largest absolute Gasteiger partial charge is 0.507 e. The second kappa shape index (κ2) is 5.80. The molecule has 2 rings (SSSR count). The van der Waals surface area contributed by atoms with E-state index in [0.717, 1.165) is 5.56 Å². The standard InChI is InChI=1S/C16H13ClO3/c1-10-2-5-14(18)11(8-10)3-6-15(19)13-9-12(17)4-7-16(13)20/h2-9,18,20H,1H3. The molecule has 0 unspecified atom stereocenters. The summed E-state index contributed by atoms with van der Waals surface area (Å²) in [6.07, 6.45) is 2.80. The third-order valence-corrected chi connectivity index (χ3v) is 3.06. The van der Waals surface area contributed by atoms with E-state index in [1.807, 2.05) is 6.92 Å². The van der Waals surface area contributed by atoms with Crippen LogP contribution in [0, 0.1) is 6.92 Å². The Morgan fingerprint density at radius 1 is 1.10 bits per heavy atom. The number of carbonyl (C=O) groups is 1. The van der Waals surface area contributed by atoms with Crippen LogP contribution in [-0.4, -0.2) is 16.0 Å². The highest BCUT2D eigenvalue weighted by Crippen LogP contribution is 2.24. The average molecular weight is 289 g/mol. The van der Waals surface area contributed by atoms with Gasteiger partial charge in [0.25, 0.3) is 0 Å². The first kappa shape index (κ1) is 14.2. The lowest BCUT2D eigenvalue weighted by atomic mass is 10.1. The van der Waals surface area contributed by atoms with E-state index in [9.17, 15) is 15.0 Å². The number of phenolic OH excluding ortho intramolecular Hbond substituents is 2. The van der Waals surface area contributed by atoms with Crippen LogP contribution in [0.15, 0.2) is 42.5 Å². The van der Waals surface area contributed by atoms with Crippen molar-refractivity contribution in [1.29, 1.82) is 0 Å². The van der Waals surface area contributed by atoms with Crippen molar-refractivity contribution in [3.63, 3.8) is 0 Å². The summed E-state index contributed by atoms with van der Waals surface area (Å²) in [6, 6.07) is 9.38. The lowest BCUT2D eigenvalue weighted by molar-refractivity contribution is 0.104. The zero-order valence-electron chi connectivity index (χ0n) is 10.8. The quantitative estimate of drug-likeness (QED) is 0.664. The molecule has 0 saturated carbocycles. The van der Waals surface area contributed by atoms with E-state index in [1.165, 1.54) is 30.4 Å². The third-order valence-electron chi connectivity index (χ3n) is 2.82. The molecule has 2 aromatic carbocycles. The topological polar surface area (TPSA) is 57.5 Å². The average Bonchev–Trinajstić information content (AvgIpc) is 2.42. The van der Waals surface area contributed by atoms with E-state index in [-0.39, 0.29) is 22.8 Å². The fraction of sp³-hybridized carbons (Fsp3) is 0.0625. The SMILES string of the molecule is Cc1ccc(O)c(C=CC(=O)c2cc(Cl)ccc2O)c1. The summed E-state index contributed by atoms with van der Waals surface area (Å²) in [7, 11) is 0. The number of aryl methyl sites for hydroxylation is 1. The van der Waals surface area contributed by atoms with Gasteiger partial charge in [-0.3, -0.25) is 4.79 Å². The minimum absolute atomic E-state index is 0.0926. The number of aromatic hydroxyl groups is 2. The maximum atomic E-state index is 12.0. The van der Waals surface area contributed by atoms with Crippen molar-refractivity contribution in [3.8, 4) is 11.5 Å². The molecule has 2 N–H and O–H groups in total. The zero-order chi connectivity index (χ0) is 14.7. The fourth-order valence-corrected chi connectivity index (χ4v) is 1.94. The maximum absolute atomic E-state index is 12.0. The Hall–Kier alpha value is -2.26. The summed E-state index contributed by atoms with van der Waals surface area (Å²) in [5, 5.41) is 19.7. The van der Waals surface area contributed by atoms with Gasteiger partial charge in [-0.25, -0.2) is 0 Å². The second-order valence-electron chi connectivity index (χ2n) is 4.42. The molecule has 0 aliphatic heterocycles. The van der Waals surface area contributed by atoms with Gasteiger partial charge < -0.3 is 10.2 Å². The van der Waals surface area contributed by atoms with Gasteiger partial charge in [-0.2, -0.15) is 0 Å². The first-order chi connectivity index (χ1) is 9.47. The fourth-order valence-electron chi connectivity index (χ4n) is 1.77. The van der Waals surface area contributed by atoms with Crippen molar-refractivity contribution in [2.45, 2.75) is 6.92 Å². The smallest absolute Gasteiger partial charge is 0.189 e. The summed E-state index contributed by atoms with van der Waals surface area (Å²) in [4.78, 5) is 12.0. The van der Waals surface area contributed by atoms with Gasteiger partial charge in [-0.1, -0.05) is 23.2 Å². The van der Waals surface area contributed by atoms with Crippen molar-refractivity contribution >= 4 is 23.5 Å². The minimum Gasteiger partial charge on any atom is -0.507 e. The molecule has 0 radical (unpaired) electrons. The number of hydrogen-bond acceptors (Lipinski definition) is 3. The zero-order valence-corrected chi connectivity index (χ0v) is 11.6. The second-order valence-corrected chi connectivity index (χ2v) is 4.86. The highest BCUT2D eigenvalue weighted by atomic mass is 35.5. The number of allylic oxidation sites excluding steroid dienone is 1. The van der Waals surface area contributed by atoms with Crippen LogP contribution >= 0.6 is 11.6 Å². The molecule has 0 heterocycles. The van der Waals surface area contributed by atoms with Crippen LogP contribution in [-0.2, 0) is 0 Å². The normalized spacial score (nSPS) is 10.9. The molecular weight excluding hydrogens is 276 g/mol. The molecule has 0 bridgehead atoms. The molecule has 0 amide bonds. The van der Waals surface area contributed by atoms with Gasteiger partial charge in [0, 0.05) is 10.6 Å². The Balaban J connectivity index is 2.29. The van der Waals surface area contributed by atoms with Gasteiger partial charge in [0.1, 0.15) is 11.5 Å². The molecule has 0 spiro atoms. The lowest BCUT2D eigenvalue weighted by Crippen LogP contribution is -1.94. The van der Waals surface area contributed by atoms with Crippen LogP contribution in [0.2, 0.25) is 5.02 Å². The summed E-state index contributed by atoms with van der Waals surface area (Å²) in [6.45, 7) is 1.89. The van der Waals surface area contributed by atoms with Gasteiger partial charge in [0.2, 0.25) is 0 Å². The molecule has 0 saturated heterocycles. The summed E-state index contributed by atoms with van der Waals surface area (Å²) >= 11 is 5.80. The minimum atomic E-state index is -0.383. The van der Waals surface area contributed by atoms with Crippen molar-refractivity contribution < 1.29 is 15.0 Å². The van der Waals surface area contributed by atoms with Gasteiger partial charge in [-0.05, 0) is 49.4 Å². The molecule has 3 nitrogen and oxygen atoms in total. The van der Waals surface area contributed by atoms with Gasteiger partial charge >= 0.3 is 0 Å². The number of phenols is 2. The molecular formula is C16H13ClO3. The van der Waals surface area contributed by atoms with E-state index in [4.69, 9.17) is 11.6 Å². The highest BCUT2D eigenvalue weighted by molar-refractivity contribution is 6.31. The first-order valence-electron chi connectivity index (χ1n) is 5.98. The summed E-state index contributed by atoms with van der Waals surface area (Å²) in [5.41, 5.74) is 1.64. The van der Waals surface area contributed by atoms with Crippen molar-refractivity contribution in [1.82, 2.24) is 0 Å². The molecule has 102 valence electrons. The number of carbonyl (C=O) groups excluding carboxylic acids is 1. The number of hydrogen-bond donors (Lipinski definition) is 2. The van der Waals surface area contributed by atoms with Crippen LogP contribution in [0.4, 0.5) is 0 Å². The van der Waals surface area contributed by atoms with Gasteiger partial charge in [0.15, 0.2) is 5.78 Å². The van der Waals surface area contributed by atoms with Crippen molar-refractivity contribution in [2.24, 2.45) is 0 Å². The van der Waals surface area contributed by atoms with Crippen LogP contribution < -0.4 is 0 Å². The molecule has 0 atom stereocenters. The van der Waals surface area contributed by atoms with Crippen LogP contribution in [0.25, 0.3) is 6.08 Å².